The van der Waals surface area contributed by atoms with Gasteiger partial charge < -0.3 is 15.5 Å². The molecular formula is C16H16ClN3O2S. The van der Waals surface area contributed by atoms with Crippen LogP contribution in [0.3, 0.4) is 0 Å². The Morgan fingerprint density at radius 1 is 1.04 bits per heavy atom. The average molecular weight is 350 g/mol. The van der Waals surface area contributed by atoms with Crippen LogP contribution in [0.1, 0.15) is 20.7 Å². The van der Waals surface area contributed by atoms with E-state index >= 15 is 0 Å². The number of piperazine rings is 1. The van der Waals surface area contributed by atoms with Gasteiger partial charge in [-0.15, -0.1) is 0 Å². The predicted octanol–water partition coefficient (Wildman–Crippen LogP) is 2.58. The molecule has 0 aliphatic carbocycles. The number of anilines is 1. The second kappa shape index (κ2) is 6.60. The number of halogens is 1. The zero-order valence-corrected chi connectivity index (χ0v) is 13.9. The summed E-state index contributed by atoms with van der Waals surface area (Å²) in [6.07, 6.45) is 0. The van der Waals surface area contributed by atoms with Crippen LogP contribution in [0.15, 0.2) is 35.0 Å². The van der Waals surface area contributed by atoms with E-state index in [4.69, 9.17) is 17.3 Å². The fourth-order valence-corrected chi connectivity index (χ4v) is 3.46. The summed E-state index contributed by atoms with van der Waals surface area (Å²) in [7, 11) is 0. The molecule has 3 rings (SSSR count). The van der Waals surface area contributed by atoms with E-state index in [1.165, 1.54) is 11.3 Å². The number of benzene rings is 1. The minimum absolute atomic E-state index is 0.0175. The first-order valence-corrected chi connectivity index (χ1v) is 8.54. The molecule has 1 saturated heterocycles. The summed E-state index contributed by atoms with van der Waals surface area (Å²) in [5.41, 5.74) is 7.33. The van der Waals surface area contributed by atoms with Gasteiger partial charge in [0.15, 0.2) is 0 Å². The summed E-state index contributed by atoms with van der Waals surface area (Å²) >= 11 is 7.60. The molecule has 5 nitrogen and oxygen atoms in total. The van der Waals surface area contributed by atoms with Crippen LogP contribution in [0.5, 0.6) is 0 Å². The highest BCUT2D eigenvalue weighted by atomic mass is 35.5. The first kappa shape index (κ1) is 15.8. The van der Waals surface area contributed by atoms with Gasteiger partial charge in [-0.1, -0.05) is 11.6 Å². The Labute approximate surface area is 143 Å². The van der Waals surface area contributed by atoms with Crippen LogP contribution in [0, 0.1) is 0 Å². The number of nitrogens with zero attached hydrogens (tertiary/aromatic N) is 2. The normalized spacial score (nSPS) is 14.8. The van der Waals surface area contributed by atoms with Crippen molar-refractivity contribution in [2.45, 2.75) is 0 Å². The van der Waals surface area contributed by atoms with E-state index in [0.717, 1.165) is 0 Å². The Morgan fingerprint density at radius 3 is 2.26 bits per heavy atom. The highest BCUT2D eigenvalue weighted by Crippen LogP contribution is 2.21. The fourth-order valence-electron chi connectivity index (χ4n) is 2.56. The monoisotopic (exact) mass is 349 g/mol. The third-order valence-electron chi connectivity index (χ3n) is 3.85. The van der Waals surface area contributed by atoms with E-state index in [9.17, 15) is 9.59 Å². The maximum atomic E-state index is 12.5. The summed E-state index contributed by atoms with van der Waals surface area (Å²) in [5.74, 6) is -0.110. The molecular weight excluding hydrogens is 334 g/mol. The van der Waals surface area contributed by atoms with E-state index in [0.29, 0.717) is 48.0 Å². The molecule has 2 N–H and O–H groups in total. The Hall–Kier alpha value is -2.05. The van der Waals surface area contributed by atoms with Gasteiger partial charge in [0.1, 0.15) is 0 Å². The molecule has 120 valence electrons. The van der Waals surface area contributed by atoms with Gasteiger partial charge in [-0.2, -0.15) is 11.3 Å². The minimum atomic E-state index is -0.127. The molecule has 0 saturated carbocycles. The van der Waals surface area contributed by atoms with Crippen LogP contribution in [0.2, 0.25) is 5.02 Å². The lowest BCUT2D eigenvalue weighted by molar-refractivity contribution is 0.0536. The van der Waals surface area contributed by atoms with Crippen molar-refractivity contribution in [3.8, 4) is 0 Å². The van der Waals surface area contributed by atoms with Crippen molar-refractivity contribution in [1.82, 2.24) is 9.80 Å². The van der Waals surface area contributed by atoms with Crippen molar-refractivity contribution in [2.24, 2.45) is 0 Å². The number of hydrogen-bond acceptors (Lipinski definition) is 4. The molecule has 0 spiro atoms. The second-order valence-electron chi connectivity index (χ2n) is 5.34. The Bertz CT molecular complexity index is 725. The van der Waals surface area contributed by atoms with E-state index in [2.05, 4.69) is 0 Å². The summed E-state index contributed by atoms with van der Waals surface area (Å²) in [6, 6.07) is 6.70. The van der Waals surface area contributed by atoms with Crippen molar-refractivity contribution >= 4 is 40.4 Å². The number of amides is 2. The first-order valence-electron chi connectivity index (χ1n) is 7.22. The molecule has 0 radical (unpaired) electrons. The van der Waals surface area contributed by atoms with Crippen LogP contribution in [-0.4, -0.2) is 47.8 Å². The molecule has 2 amide bonds. The summed E-state index contributed by atoms with van der Waals surface area (Å²) in [6.45, 7) is 2.03. The van der Waals surface area contributed by atoms with Crippen LogP contribution in [0.4, 0.5) is 5.69 Å². The van der Waals surface area contributed by atoms with Gasteiger partial charge in [0.25, 0.3) is 11.8 Å². The van der Waals surface area contributed by atoms with Gasteiger partial charge in [-0.05, 0) is 29.6 Å². The van der Waals surface area contributed by atoms with Crippen LogP contribution >= 0.6 is 22.9 Å². The van der Waals surface area contributed by atoms with Crippen molar-refractivity contribution in [3.63, 3.8) is 0 Å². The van der Waals surface area contributed by atoms with E-state index in [1.807, 2.05) is 16.8 Å². The van der Waals surface area contributed by atoms with Gasteiger partial charge in [0, 0.05) is 37.2 Å². The molecule has 1 aliphatic heterocycles. The van der Waals surface area contributed by atoms with E-state index in [1.54, 1.807) is 28.0 Å². The SMILES string of the molecule is Nc1ccc(C(=O)N2CCN(C(=O)c3ccsc3)CC2)c(Cl)c1. The highest BCUT2D eigenvalue weighted by Gasteiger charge is 2.26. The molecule has 0 atom stereocenters. The maximum absolute atomic E-state index is 12.5. The zero-order valence-electron chi connectivity index (χ0n) is 12.4. The van der Waals surface area contributed by atoms with Crippen molar-refractivity contribution in [2.75, 3.05) is 31.9 Å². The molecule has 2 heterocycles. The smallest absolute Gasteiger partial charge is 0.255 e. The Kier molecular flexibility index (Phi) is 4.54. The number of carbonyl (C=O) groups excluding carboxylic acids is 2. The largest absolute Gasteiger partial charge is 0.399 e. The Morgan fingerprint density at radius 2 is 1.70 bits per heavy atom. The standard InChI is InChI=1S/C16H16ClN3O2S/c17-14-9-12(18)1-2-13(14)16(22)20-6-4-19(5-7-20)15(21)11-3-8-23-10-11/h1-3,8-10H,4-7,18H2. The third-order valence-corrected chi connectivity index (χ3v) is 4.84. The number of thiophene rings is 1. The molecule has 1 aromatic carbocycles. The molecule has 23 heavy (non-hydrogen) atoms. The van der Waals surface area contributed by atoms with Crippen molar-refractivity contribution in [3.05, 3.63) is 51.2 Å². The van der Waals surface area contributed by atoms with Gasteiger partial charge in [0.05, 0.1) is 16.1 Å². The van der Waals surface area contributed by atoms with Crippen LogP contribution < -0.4 is 5.73 Å². The van der Waals surface area contributed by atoms with Crippen molar-refractivity contribution < 1.29 is 9.59 Å². The fraction of sp³-hybridized carbons (Fsp3) is 0.250. The number of nitrogen functional groups attached to an aromatic ring is 1. The summed E-state index contributed by atoms with van der Waals surface area (Å²) in [4.78, 5) is 28.3. The molecule has 1 aromatic heterocycles. The number of hydrogen-bond donors (Lipinski definition) is 1. The molecule has 0 unspecified atom stereocenters. The second-order valence-corrected chi connectivity index (χ2v) is 6.52. The topological polar surface area (TPSA) is 66.6 Å². The average Bonchev–Trinajstić information content (AvgIpc) is 3.08. The lowest BCUT2D eigenvalue weighted by Gasteiger charge is -2.34. The highest BCUT2D eigenvalue weighted by molar-refractivity contribution is 7.08. The van der Waals surface area contributed by atoms with E-state index < -0.39 is 0 Å². The maximum Gasteiger partial charge on any atom is 0.255 e. The summed E-state index contributed by atoms with van der Waals surface area (Å²) < 4.78 is 0. The summed E-state index contributed by atoms with van der Waals surface area (Å²) in [5, 5.41) is 4.08. The van der Waals surface area contributed by atoms with Gasteiger partial charge >= 0.3 is 0 Å². The third kappa shape index (κ3) is 3.33. The lowest BCUT2D eigenvalue weighted by Crippen LogP contribution is -2.50. The molecule has 2 aromatic rings. The van der Waals surface area contributed by atoms with Crippen LogP contribution in [0.25, 0.3) is 0 Å². The predicted molar refractivity (Wildman–Crippen MR) is 92.0 cm³/mol. The minimum Gasteiger partial charge on any atom is -0.399 e. The lowest BCUT2D eigenvalue weighted by atomic mass is 10.1. The molecule has 1 fully saturated rings. The molecule has 1 aliphatic rings. The molecule has 0 bridgehead atoms. The first-order chi connectivity index (χ1) is 11.1. The Balaban J connectivity index is 1.64. The van der Waals surface area contributed by atoms with Crippen molar-refractivity contribution in [1.29, 1.82) is 0 Å². The number of carbonyl (C=O) groups is 2. The quantitative estimate of drug-likeness (QED) is 0.847. The van der Waals surface area contributed by atoms with Gasteiger partial charge in [0.2, 0.25) is 0 Å². The number of rotatable bonds is 2. The number of nitrogens with two attached hydrogens (primary N) is 1. The van der Waals surface area contributed by atoms with E-state index in [-0.39, 0.29) is 11.8 Å². The van der Waals surface area contributed by atoms with Crippen LogP contribution in [-0.2, 0) is 0 Å². The zero-order chi connectivity index (χ0) is 16.4. The van der Waals surface area contributed by atoms with Gasteiger partial charge in [-0.25, -0.2) is 0 Å². The molecule has 7 heteroatoms. The van der Waals surface area contributed by atoms with Gasteiger partial charge in [-0.3, -0.25) is 9.59 Å².